The van der Waals surface area contributed by atoms with E-state index in [2.05, 4.69) is 5.32 Å². The van der Waals surface area contributed by atoms with Gasteiger partial charge in [-0.15, -0.1) is 0 Å². The summed E-state index contributed by atoms with van der Waals surface area (Å²) in [6.45, 7) is 0.213. The molecule has 134 valence electrons. The van der Waals surface area contributed by atoms with E-state index in [-0.39, 0.29) is 24.8 Å². The van der Waals surface area contributed by atoms with Crippen molar-refractivity contribution < 1.29 is 14.7 Å². The summed E-state index contributed by atoms with van der Waals surface area (Å²) in [5.74, 6) is -0.278. The summed E-state index contributed by atoms with van der Waals surface area (Å²) in [6.07, 6.45) is 0.473. The van der Waals surface area contributed by atoms with E-state index < -0.39 is 17.7 Å². The van der Waals surface area contributed by atoms with Gasteiger partial charge in [0.2, 0.25) is 11.8 Å². The van der Waals surface area contributed by atoms with E-state index in [1.165, 1.54) is 0 Å². The van der Waals surface area contributed by atoms with Gasteiger partial charge in [0.25, 0.3) is 0 Å². The summed E-state index contributed by atoms with van der Waals surface area (Å²) in [5, 5.41) is 13.2. The average molecular weight is 350 g/mol. The number of fused-ring (bicyclic) bond motifs is 1. The predicted molar refractivity (Wildman–Crippen MR) is 97.3 cm³/mol. The van der Waals surface area contributed by atoms with Gasteiger partial charge in [-0.1, -0.05) is 60.7 Å². The highest BCUT2D eigenvalue weighted by Gasteiger charge is 2.57. The van der Waals surface area contributed by atoms with Gasteiger partial charge in [0.05, 0.1) is 6.10 Å². The van der Waals surface area contributed by atoms with Crippen molar-refractivity contribution in [2.45, 2.75) is 36.9 Å². The summed E-state index contributed by atoms with van der Waals surface area (Å²) in [5.41, 5.74) is 0.989. The third-order valence-electron chi connectivity index (χ3n) is 5.40. The molecule has 1 unspecified atom stereocenters. The van der Waals surface area contributed by atoms with Crippen LogP contribution in [0.4, 0.5) is 0 Å². The summed E-state index contributed by atoms with van der Waals surface area (Å²) in [7, 11) is 0. The normalized spacial score (nSPS) is 28.0. The largest absolute Gasteiger partial charge is 0.391 e. The maximum absolute atomic E-state index is 13.1. The Labute approximate surface area is 152 Å². The second-order valence-electron chi connectivity index (χ2n) is 7.22. The minimum Gasteiger partial charge on any atom is -0.391 e. The van der Waals surface area contributed by atoms with Crippen LogP contribution in [0, 0.1) is 0 Å². The van der Waals surface area contributed by atoms with Crippen LogP contribution in [0.5, 0.6) is 0 Å². The monoisotopic (exact) mass is 350 g/mol. The first-order chi connectivity index (χ1) is 12.6. The van der Waals surface area contributed by atoms with E-state index in [1.807, 2.05) is 60.7 Å². The maximum atomic E-state index is 13.1. The molecule has 0 saturated carbocycles. The Balaban J connectivity index is 1.62. The van der Waals surface area contributed by atoms with Gasteiger partial charge >= 0.3 is 0 Å². The molecule has 5 heteroatoms. The molecule has 2 heterocycles. The fraction of sp³-hybridized carbons (Fsp3) is 0.333. The van der Waals surface area contributed by atoms with Crippen molar-refractivity contribution in [2.75, 3.05) is 6.54 Å². The molecule has 2 aliphatic heterocycles. The molecule has 2 N–H and O–H groups in total. The van der Waals surface area contributed by atoms with Gasteiger partial charge in [0.1, 0.15) is 11.6 Å². The van der Waals surface area contributed by atoms with Crippen molar-refractivity contribution in [1.29, 1.82) is 0 Å². The van der Waals surface area contributed by atoms with Crippen LogP contribution in [-0.2, 0) is 22.4 Å². The fourth-order valence-corrected chi connectivity index (χ4v) is 4.18. The zero-order valence-electron chi connectivity index (χ0n) is 14.5. The van der Waals surface area contributed by atoms with E-state index in [1.54, 1.807) is 4.90 Å². The van der Waals surface area contributed by atoms with E-state index in [4.69, 9.17) is 0 Å². The number of carbonyl (C=O) groups excluding carboxylic acids is 2. The van der Waals surface area contributed by atoms with Crippen LogP contribution in [0.2, 0.25) is 0 Å². The third-order valence-corrected chi connectivity index (χ3v) is 5.40. The van der Waals surface area contributed by atoms with Crippen molar-refractivity contribution in [2.24, 2.45) is 0 Å². The number of β-amino-alcohol motifs (C(OH)–C–C–N with tert-alkyl or cyclic N) is 1. The summed E-state index contributed by atoms with van der Waals surface area (Å²) >= 11 is 0. The van der Waals surface area contributed by atoms with Crippen LogP contribution in [0.15, 0.2) is 60.7 Å². The topological polar surface area (TPSA) is 69.6 Å². The van der Waals surface area contributed by atoms with Gasteiger partial charge in [-0.05, 0) is 11.1 Å². The molecule has 3 atom stereocenters. The Morgan fingerprint density at radius 1 is 1.00 bits per heavy atom. The number of nitrogens with one attached hydrogen (secondary N) is 1. The first-order valence-electron chi connectivity index (χ1n) is 8.97. The number of aliphatic hydroxyl groups excluding tert-OH is 1. The molecule has 2 aromatic rings. The summed E-state index contributed by atoms with van der Waals surface area (Å²) < 4.78 is 0. The lowest BCUT2D eigenvalue weighted by Crippen LogP contribution is -2.69. The van der Waals surface area contributed by atoms with Crippen LogP contribution >= 0.6 is 0 Å². The number of rotatable bonds is 4. The molecular weight excluding hydrogens is 328 g/mol. The number of nitrogens with zero attached hydrogens (tertiary/aromatic N) is 1. The molecular formula is C21H22N2O3. The number of aliphatic hydroxyl groups is 1. The Morgan fingerprint density at radius 3 is 2.27 bits per heavy atom. The summed E-state index contributed by atoms with van der Waals surface area (Å²) in [6, 6.07) is 18.7. The fourth-order valence-electron chi connectivity index (χ4n) is 4.18. The number of hydrogen-bond acceptors (Lipinski definition) is 3. The smallest absolute Gasteiger partial charge is 0.247 e. The molecule has 2 aliphatic rings. The van der Waals surface area contributed by atoms with Crippen LogP contribution in [0.3, 0.4) is 0 Å². The highest BCUT2D eigenvalue weighted by molar-refractivity contribution is 6.00. The third kappa shape index (κ3) is 2.88. The lowest BCUT2D eigenvalue weighted by Gasteiger charge is -2.44. The Morgan fingerprint density at radius 2 is 1.62 bits per heavy atom. The predicted octanol–water partition coefficient (Wildman–Crippen LogP) is 1.30. The van der Waals surface area contributed by atoms with Gasteiger partial charge in [-0.2, -0.15) is 0 Å². The van der Waals surface area contributed by atoms with Crippen LogP contribution in [0.25, 0.3) is 0 Å². The molecule has 5 nitrogen and oxygen atoms in total. The van der Waals surface area contributed by atoms with Crippen LogP contribution in [0.1, 0.15) is 17.5 Å². The summed E-state index contributed by atoms with van der Waals surface area (Å²) in [4.78, 5) is 27.8. The van der Waals surface area contributed by atoms with Crippen molar-refractivity contribution in [3.05, 3.63) is 71.8 Å². The first kappa shape index (κ1) is 16.8. The highest BCUT2D eigenvalue weighted by atomic mass is 16.3. The molecule has 2 saturated heterocycles. The number of benzene rings is 2. The molecule has 26 heavy (non-hydrogen) atoms. The van der Waals surface area contributed by atoms with Crippen molar-refractivity contribution in [1.82, 2.24) is 10.2 Å². The van der Waals surface area contributed by atoms with Crippen molar-refractivity contribution >= 4 is 11.8 Å². The zero-order valence-corrected chi connectivity index (χ0v) is 14.5. The second-order valence-corrected chi connectivity index (χ2v) is 7.22. The van der Waals surface area contributed by atoms with E-state index in [0.717, 1.165) is 11.1 Å². The van der Waals surface area contributed by atoms with E-state index in [0.29, 0.717) is 12.8 Å². The molecule has 2 aromatic carbocycles. The molecule has 2 fully saturated rings. The molecule has 4 rings (SSSR count). The van der Waals surface area contributed by atoms with Crippen LogP contribution in [-0.4, -0.2) is 46.1 Å². The highest BCUT2D eigenvalue weighted by Crippen LogP contribution is 2.36. The lowest BCUT2D eigenvalue weighted by atomic mass is 9.83. The Hall–Kier alpha value is -2.66. The van der Waals surface area contributed by atoms with Gasteiger partial charge < -0.3 is 15.3 Å². The Bertz CT molecular complexity index is 807. The van der Waals surface area contributed by atoms with Gasteiger partial charge in [0, 0.05) is 25.8 Å². The van der Waals surface area contributed by atoms with Gasteiger partial charge in [0.15, 0.2) is 0 Å². The average Bonchev–Trinajstić information content (AvgIpc) is 2.99. The van der Waals surface area contributed by atoms with Crippen molar-refractivity contribution in [3.63, 3.8) is 0 Å². The molecule has 0 aliphatic carbocycles. The molecule has 0 bridgehead atoms. The standard InChI is InChI=1S/C21H22N2O3/c24-17-13-21(12-16-9-5-2-6-10-16)20(26)22-18(19(25)23(21)14-17)11-15-7-3-1-4-8-15/h1-10,17-18,24H,11-14H2,(H,22,26)/t17-,18+,21?/m1/s1. The van der Waals surface area contributed by atoms with Gasteiger partial charge in [-0.25, -0.2) is 0 Å². The number of amides is 2. The first-order valence-corrected chi connectivity index (χ1v) is 8.97. The lowest BCUT2D eigenvalue weighted by molar-refractivity contribution is -0.154. The number of hydrogen-bond donors (Lipinski definition) is 2. The van der Waals surface area contributed by atoms with Crippen molar-refractivity contribution in [3.8, 4) is 0 Å². The Kier molecular flexibility index (Phi) is 4.24. The van der Waals surface area contributed by atoms with E-state index >= 15 is 0 Å². The SMILES string of the molecule is O=C1[C@H](Cc2ccccc2)NC(=O)C2(Cc3ccccc3)C[C@@H](O)CN12. The van der Waals surface area contributed by atoms with E-state index in [9.17, 15) is 14.7 Å². The second kappa shape index (κ2) is 6.57. The zero-order chi connectivity index (χ0) is 18.1. The molecule has 0 radical (unpaired) electrons. The molecule has 2 amide bonds. The minimum absolute atomic E-state index is 0.110. The quantitative estimate of drug-likeness (QED) is 0.873. The molecule has 0 aromatic heterocycles. The number of piperazine rings is 1. The molecule has 0 spiro atoms. The van der Waals surface area contributed by atoms with Gasteiger partial charge in [-0.3, -0.25) is 9.59 Å². The van der Waals surface area contributed by atoms with Crippen LogP contribution < -0.4 is 5.32 Å². The minimum atomic E-state index is -0.995. The maximum Gasteiger partial charge on any atom is 0.247 e. The number of carbonyl (C=O) groups is 2.